The van der Waals surface area contributed by atoms with Crippen molar-refractivity contribution in [3.63, 3.8) is 0 Å². The molecule has 0 spiro atoms. The van der Waals surface area contributed by atoms with Gasteiger partial charge < -0.3 is 20.1 Å². The quantitative estimate of drug-likeness (QED) is 0.317. The molecule has 0 aliphatic carbocycles. The highest BCUT2D eigenvalue weighted by Gasteiger charge is 2.32. The fraction of sp³-hybridized carbons (Fsp3) is 0.500. The van der Waals surface area contributed by atoms with Crippen LogP contribution >= 0.6 is 11.8 Å². The van der Waals surface area contributed by atoms with E-state index in [1.54, 1.807) is 16.7 Å². The maximum Gasteiger partial charge on any atom is 0.309 e. The van der Waals surface area contributed by atoms with Crippen molar-refractivity contribution in [2.45, 2.75) is 69.2 Å². The van der Waals surface area contributed by atoms with Crippen molar-refractivity contribution in [3.05, 3.63) is 83.9 Å². The molecule has 1 fully saturated rings. The van der Waals surface area contributed by atoms with E-state index in [1.807, 2.05) is 54.6 Å². The number of cyclic esters (lactones) is 1. The molecule has 2 aromatic rings. The third-order valence-electron chi connectivity index (χ3n) is 8.07. The van der Waals surface area contributed by atoms with Crippen LogP contribution in [0.1, 0.15) is 56.1 Å². The molecule has 4 unspecified atom stereocenters. The third-order valence-corrected chi connectivity index (χ3v) is 9.25. The number of ether oxygens (including phenoxy) is 1. The van der Waals surface area contributed by atoms with Crippen LogP contribution in [0.2, 0.25) is 0 Å². The lowest BCUT2D eigenvalue weighted by molar-refractivity contribution is -0.150. The van der Waals surface area contributed by atoms with E-state index in [4.69, 9.17) is 4.74 Å². The number of nitrogens with one attached hydrogen (secondary N) is 1. The van der Waals surface area contributed by atoms with Gasteiger partial charge in [0.1, 0.15) is 6.61 Å². The second kappa shape index (κ2) is 17.1. The molecule has 2 heterocycles. The number of rotatable bonds is 9. The molecule has 2 aromatic carbocycles. The summed E-state index contributed by atoms with van der Waals surface area (Å²) in [4.78, 5) is 41.8. The minimum absolute atomic E-state index is 0.0557. The van der Waals surface area contributed by atoms with Gasteiger partial charge >= 0.3 is 5.97 Å². The number of nitrogens with zero attached hydrogens (tertiary/aromatic N) is 1. The van der Waals surface area contributed by atoms with E-state index in [0.29, 0.717) is 25.1 Å². The zero-order chi connectivity index (χ0) is 29.6. The lowest BCUT2D eigenvalue weighted by Crippen LogP contribution is -2.45. The Bertz CT molecular complexity index is 1160. The van der Waals surface area contributed by atoms with Gasteiger partial charge in [0.25, 0.3) is 0 Å². The number of allylic oxidation sites excluding steroid dienone is 2. The van der Waals surface area contributed by atoms with Crippen LogP contribution in [0.15, 0.2) is 72.8 Å². The first-order valence-electron chi connectivity index (χ1n) is 15.2. The number of esters is 1. The molecule has 42 heavy (non-hydrogen) atoms. The monoisotopic (exact) mass is 592 g/mol. The molecular formula is C34H44N2O5S. The van der Waals surface area contributed by atoms with Crippen LogP contribution in [0.4, 0.5) is 0 Å². The molecule has 4 atom stereocenters. The predicted octanol–water partition coefficient (Wildman–Crippen LogP) is 4.93. The van der Waals surface area contributed by atoms with Crippen molar-refractivity contribution in [1.29, 1.82) is 0 Å². The normalized spacial score (nSPS) is 24.1. The first-order valence-corrected chi connectivity index (χ1v) is 16.4. The van der Waals surface area contributed by atoms with Gasteiger partial charge in [-0.15, -0.1) is 0 Å². The largest absolute Gasteiger partial charge is 0.463 e. The van der Waals surface area contributed by atoms with Crippen molar-refractivity contribution >= 4 is 29.5 Å². The Labute approximate surface area is 254 Å². The van der Waals surface area contributed by atoms with Crippen molar-refractivity contribution < 1.29 is 24.2 Å². The van der Waals surface area contributed by atoms with Crippen LogP contribution < -0.4 is 5.32 Å². The maximum atomic E-state index is 13.6. The summed E-state index contributed by atoms with van der Waals surface area (Å²) >= 11 is 1.68. The second-order valence-corrected chi connectivity index (χ2v) is 12.4. The van der Waals surface area contributed by atoms with Gasteiger partial charge in [0, 0.05) is 24.5 Å². The average Bonchev–Trinajstić information content (AvgIpc) is 3.50. The van der Waals surface area contributed by atoms with Crippen molar-refractivity contribution in [2.24, 2.45) is 11.8 Å². The second-order valence-electron chi connectivity index (χ2n) is 11.3. The molecule has 226 valence electrons. The number of thioether (sulfide) groups is 1. The molecule has 0 radical (unpaired) electrons. The Kier molecular flexibility index (Phi) is 13.0. The lowest BCUT2D eigenvalue weighted by atomic mass is 9.93. The molecule has 2 aliphatic rings. The van der Waals surface area contributed by atoms with Gasteiger partial charge in [0.05, 0.1) is 30.5 Å². The smallest absolute Gasteiger partial charge is 0.309 e. The minimum atomic E-state index is -0.528. The Morgan fingerprint density at radius 1 is 0.952 bits per heavy atom. The fourth-order valence-electron chi connectivity index (χ4n) is 5.67. The molecule has 1 saturated heterocycles. The highest BCUT2D eigenvalue weighted by molar-refractivity contribution is 7.98. The third kappa shape index (κ3) is 10.0. The number of amides is 2. The lowest BCUT2D eigenvalue weighted by Gasteiger charge is -2.27. The van der Waals surface area contributed by atoms with Gasteiger partial charge in [-0.2, -0.15) is 11.8 Å². The Morgan fingerprint density at radius 2 is 1.69 bits per heavy atom. The number of carbonyl (C=O) groups is 3. The average molecular weight is 593 g/mol. The number of hydrogen-bond donors (Lipinski definition) is 2. The molecule has 2 aliphatic heterocycles. The molecule has 4 rings (SSSR count). The SMILES string of the molecule is O=C1NC(CSCc2ccccc2)COC(=O)C(Cc2ccccc2)CCCC=CCC1CC(=O)N1CCCC1CO. The summed E-state index contributed by atoms with van der Waals surface area (Å²) in [6.07, 6.45) is 9.24. The Hall–Kier alpha value is -3.10. The predicted molar refractivity (Wildman–Crippen MR) is 167 cm³/mol. The highest BCUT2D eigenvalue weighted by Crippen LogP contribution is 2.23. The van der Waals surface area contributed by atoms with Crippen molar-refractivity contribution in [1.82, 2.24) is 10.2 Å². The van der Waals surface area contributed by atoms with Crippen LogP contribution in [0.5, 0.6) is 0 Å². The molecular weight excluding hydrogens is 548 g/mol. The van der Waals surface area contributed by atoms with E-state index >= 15 is 0 Å². The molecule has 0 bridgehead atoms. The fourth-order valence-corrected chi connectivity index (χ4v) is 6.68. The molecule has 0 saturated carbocycles. The molecule has 8 heteroatoms. The van der Waals surface area contributed by atoms with Gasteiger partial charge in [-0.3, -0.25) is 14.4 Å². The Balaban J connectivity index is 1.46. The van der Waals surface area contributed by atoms with Crippen LogP contribution in [0.25, 0.3) is 0 Å². The van der Waals surface area contributed by atoms with Crippen LogP contribution in [0.3, 0.4) is 0 Å². The number of carbonyl (C=O) groups excluding carboxylic acids is 3. The Morgan fingerprint density at radius 3 is 2.43 bits per heavy atom. The van der Waals surface area contributed by atoms with Gasteiger partial charge in [-0.1, -0.05) is 72.8 Å². The summed E-state index contributed by atoms with van der Waals surface area (Å²) in [5.41, 5.74) is 2.29. The van der Waals surface area contributed by atoms with Gasteiger partial charge in [0.15, 0.2) is 0 Å². The molecule has 2 amide bonds. The number of likely N-dealkylation sites (tertiary alicyclic amines) is 1. The molecule has 0 aromatic heterocycles. The zero-order valence-electron chi connectivity index (χ0n) is 24.4. The van der Waals surface area contributed by atoms with Crippen LogP contribution in [-0.4, -0.2) is 65.4 Å². The van der Waals surface area contributed by atoms with E-state index in [1.165, 1.54) is 5.56 Å². The van der Waals surface area contributed by atoms with Crippen molar-refractivity contribution in [2.75, 3.05) is 25.5 Å². The molecule has 2 N–H and O–H groups in total. The summed E-state index contributed by atoms with van der Waals surface area (Å²) in [5, 5.41) is 12.8. The first-order chi connectivity index (χ1) is 20.5. The summed E-state index contributed by atoms with van der Waals surface area (Å²) in [6.45, 7) is 0.653. The highest BCUT2D eigenvalue weighted by atomic mass is 32.2. The zero-order valence-corrected chi connectivity index (χ0v) is 25.2. The van der Waals surface area contributed by atoms with Crippen LogP contribution in [0, 0.1) is 11.8 Å². The number of hydrogen-bond acceptors (Lipinski definition) is 6. The van der Waals surface area contributed by atoms with E-state index in [0.717, 1.165) is 43.4 Å². The van der Waals surface area contributed by atoms with Crippen molar-refractivity contribution in [3.8, 4) is 0 Å². The number of aliphatic hydroxyl groups is 1. The summed E-state index contributed by atoms with van der Waals surface area (Å²) < 4.78 is 5.87. The van der Waals surface area contributed by atoms with Gasteiger partial charge in [-0.25, -0.2) is 0 Å². The minimum Gasteiger partial charge on any atom is -0.463 e. The number of aliphatic hydroxyl groups excluding tert-OH is 1. The van der Waals surface area contributed by atoms with Gasteiger partial charge in [0.2, 0.25) is 11.8 Å². The standard InChI is InChI=1S/C34H44N2O5S/c37-22-31-18-11-19-36(31)32(38)21-28-16-9-1-2-10-17-29(20-26-12-5-3-6-13-26)34(40)41-23-30(35-33(28)39)25-42-24-27-14-7-4-8-15-27/h1,3-9,12-15,28-31,37H,2,10-11,16-25H2,(H,35,39). The van der Waals surface area contributed by atoms with Gasteiger partial charge in [-0.05, 0) is 56.1 Å². The van der Waals surface area contributed by atoms with E-state index in [2.05, 4.69) is 23.5 Å². The first kappa shape index (κ1) is 31.8. The van der Waals surface area contributed by atoms with E-state index in [-0.39, 0.29) is 55.4 Å². The van der Waals surface area contributed by atoms with Crippen LogP contribution in [-0.2, 0) is 31.3 Å². The van der Waals surface area contributed by atoms with E-state index in [9.17, 15) is 19.5 Å². The summed E-state index contributed by atoms with van der Waals surface area (Å²) in [7, 11) is 0. The summed E-state index contributed by atoms with van der Waals surface area (Å²) in [5.74, 6) is 0.0513. The summed E-state index contributed by atoms with van der Waals surface area (Å²) in [6, 6.07) is 19.6. The molecule has 7 nitrogen and oxygen atoms in total. The maximum absolute atomic E-state index is 13.6. The topological polar surface area (TPSA) is 95.9 Å². The van der Waals surface area contributed by atoms with E-state index < -0.39 is 5.92 Å². The number of benzene rings is 2.